The van der Waals surface area contributed by atoms with Crippen molar-refractivity contribution in [2.45, 2.75) is 12.8 Å². The molecule has 1 aromatic carbocycles. The largest absolute Gasteiger partial charge is 0.492 e. The van der Waals surface area contributed by atoms with Gasteiger partial charge in [0, 0.05) is 6.42 Å². The Morgan fingerprint density at radius 3 is 2.79 bits per heavy atom. The highest BCUT2D eigenvalue weighted by atomic mass is 35.5. The molecule has 0 aliphatic rings. The Morgan fingerprint density at radius 1 is 1.43 bits per heavy atom. The fourth-order valence-electron chi connectivity index (χ4n) is 0.990. The standard InChI is InChI=1S/C10H12ClNOS/c11-8-4-1-2-5-9(8)13-7-3-6-10(12)14/h1-2,4-5H,3,6-7H2,(H2,12,14). The van der Waals surface area contributed by atoms with Gasteiger partial charge < -0.3 is 10.5 Å². The van der Waals surface area contributed by atoms with Crippen molar-refractivity contribution in [3.8, 4) is 5.75 Å². The molecule has 1 rings (SSSR count). The van der Waals surface area contributed by atoms with E-state index in [-0.39, 0.29) is 0 Å². The molecule has 0 fully saturated rings. The molecule has 0 aromatic heterocycles. The van der Waals surface area contributed by atoms with Gasteiger partial charge in [0.25, 0.3) is 0 Å². The molecule has 4 heteroatoms. The van der Waals surface area contributed by atoms with Crippen LogP contribution in [0.3, 0.4) is 0 Å². The number of nitrogens with two attached hydrogens (primary N) is 1. The molecule has 2 nitrogen and oxygen atoms in total. The van der Waals surface area contributed by atoms with E-state index in [1.165, 1.54) is 0 Å². The first-order valence-electron chi connectivity index (χ1n) is 4.36. The van der Waals surface area contributed by atoms with E-state index in [0.29, 0.717) is 28.8 Å². The van der Waals surface area contributed by atoms with Crippen LogP contribution in [0.5, 0.6) is 5.75 Å². The number of halogens is 1. The van der Waals surface area contributed by atoms with Crippen molar-refractivity contribution in [2.24, 2.45) is 5.73 Å². The zero-order chi connectivity index (χ0) is 10.4. The summed E-state index contributed by atoms with van der Waals surface area (Å²) in [5.74, 6) is 0.706. The lowest BCUT2D eigenvalue weighted by atomic mass is 10.3. The van der Waals surface area contributed by atoms with E-state index in [4.69, 9.17) is 34.3 Å². The normalized spacial score (nSPS) is 9.79. The van der Waals surface area contributed by atoms with Crippen LogP contribution in [0, 0.1) is 0 Å². The summed E-state index contributed by atoms with van der Waals surface area (Å²) in [7, 11) is 0. The van der Waals surface area contributed by atoms with E-state index in [1.54, 1.807) is 6.07 Å². The van der Waals surface area contributed by atoms with Crippen LogP contribution in [0.2, 0.25) is 5.02 Å². The first kappa shape index (κ1) is 11.3. The molecule has 0 atom stereocenters. The summed E-state index contributed by atoms with van der Waals surface area (Å²) in [6, 6.07) is 7.38. The van der Waals surface area contributed by atoms with E-state index in [1.807, 2.05) is 18.2 Å². The Balaban J connectivity index is 2.31. The molecule has 0 spiro atoms. The molecule has 1 aromatic rings. The van der Waals surface area contributed by atoms with Crippen molar-refractivity contribution in [1.82, 2.24) is 0 Å². The second-order valence-corrected chi connectivity index (χ2v) is 3.78. The van der Waals surface area contributed by atoms with Crippen molar-refractivity contribution in [2.75, 3.05) is 6.61 Å². The number of hydrogen-bond acceptors (Lipinski definition) is 2. The maximum atomic E-state index is 5.89. The van der Waals surface area contributed by atoms with Gasteiger partial charge in [-0.2, -0.15) is 0 Å². The van der Waals surface area contributed by atoms with Gasteiger partial charge in [0.05, 0.1) is 16.6 Å². The van der Waals surface area contributed by atoms with Crippen LogP contribution in [0.15, 0.2) is 24.3 Å². The number of hydrogen-bond donors (Lipinski definition) is 1. The molecule has 0 aliphatic heterocycles. The van der Waals surface area contributed by atoms with Gasteiger partial charge in [0.1, 0.15) is 5.75 Å². The molecule has 0 bridgehead atoms. The third kappa shape index (κ3) is 3.94. The van der Waals surface area contributed by atoms with Gasteiger partial charge in [-0.05, 0) is 18.6 Å². The molecule has 0 unspecified atom stereocenters. The molecule has 2 N–H and O–H groups in total. The number of thiocarbonyl (C=S) groups is 1. The number of para-hydroxylation sites is 1. The minimum absolute atomic E-state index is 0.521. The minimum Gasteiger partial charge on any atom is -0.492 e. The van der Waals surface area contributed by atoms with Crippen molar-refractivity contribution in [1.29, 1.82) is 0 Å². The zero-order valence-corrected chi connectivity index (χ0v) is 9.27. The summed E-state index contributed by atoms with van der Waals surface area (Å²) < 4.78 is 5.44. The van der Waals surface area contributed by atoms with Gasteiger partial charge in [-0.15, -0.1) is 0 Å². The Bertz CT molecular complexity index is 317. The van der Waals surface area contributed by atoms with E-state index in [0.717, 1.165) is 6.42 Å². The molecule has 0 radical (unpaired) electrons. The van der Waals surface area contributed by atoms with Gasteiger partial charge in [0.15, 0.2) is 0 Å². The van der Waals surface area contributed by atoms with Crippen molar-refractivity contribution < 1.29 is 4.74 Å². The summed E-state index contributed by atoms with van der Waals surface area (Å²) in [5.41, 5.74) is 5.35. The summed E-state index contributed by atoms with van der Waals surface area (Å²) in [6.45, 7) is 0.584. The Kier molecular flexibility index (Phi) is 4.70. The number of benzene rings is 1. The maximum Gasteiger partial charge on any atom is 0.137 e. The zero-order valence-electron chi connectivity index (χ0n) is 7.70. The van der Waals surface area contributed by atoms with Crippen LogP contribution in [0.1, 0.15) is 12.8 Å². The summed E-state index contributed by atoms with van der Waals surface area (Å²) in [6.07, 6.45) is 1.53. The lowest BCUT2D eigenvalue weighted by molar-refractivity contribution is 0.314. The predicted octanol–water partition coefficient (Wildman–Crippen LogP) is 2.79. The van der Waals surface area contributed by atoms with Gasteiger partial charge in [-0.25, -0.2) is 0 Å². The average molecular weight is 230 g/mol. The first-order chi connectivity index (χ1) is 6.70. The summed E-state index contributed by atoms with van der Waals surface area (Å²) in [4.78, 5) is 0.521. The second kappa shape index (κ2) is 5.83. The highest BCUT2D eigenvalue weighted by Gasteiger charge is 1.98. The number of ether oxygens (including phenoxy) is 1. The van der Waals surface area contributed by atoms with Crippen molar-refractivity contribution in [3.05, 3.63) is 29.3 Å². The van der Waals surface area contributed by atoms with E-state index < -0.39 is 0 Å². The van der Waals surface area contributed by atoms with Gasteiger partial charge in [-0.3, -0.25) is 0 Å². The average Bonchev–Trinajstić information content (AvgIpc) is 2.15. The Morgan fingerprint density at radius 2 is 2.14 bits per heavy atom. The summed E-state index contributed by atoms with van der Waals surface area (Å²) in [5, 5.41) is 0.628. The second-order valence-electron chi connectivity index (χ2n) is 2.85. The SMILES string of the molecule is NC(=S)CCCOc1ccccc1Cl. The van der Waals surface area contributed by atoms with Crippen LogP contribution in [0.4, 0.5) is 0 Å². The molecular formula is C10H12ClNOS. The van der Waals surface area contributed by atoms with Crippen LogP contribution < -0.4 is 10.5 Å². The van der Waals surface area contributed by atoms with Crippen LogP contribution >= 0.6 is 23.8 Å². The number of rotatable bonds is 5. The molecule has 0 aliphatic carbocycles. The Hall–Kier alpha value is -0.800. The highest BCUT2D eigenvalue weighted by molar-refractivity contribution is 7.80. The summed E-state index contributed by atoms with van der Waals surface area (Å²) >= 11 is 10.6. The van der Waals surface area contributed by atoms with Gasteiger partial charge in [-0.1, -0.05) is 36.0 Å². The monoisotopic (exact) mass is 229 g/mol. The third-order valence-corrected chi connectivity index (χ3v) is 2.18. The van der Waals surface area contributed by atoms with Gasteiger partial charge >= 0.3 is 0 Å². The quantitative estimate of drug-likeness (QED) is 0.623. The lowest BCUT2D eigenvalue weighted by Crippen LogP contribution is -2.09. The molecule has 0 amide bonds. The lowest BCUT2D eigenvalue weighted by Gasteiger charge is -2.06. The fourth-order valence-corrected chi connectivity index (χ4v) is 1.32. The highest BCUT2D eigenvalue weighted by Crippen LogP contribution is 2.23. The molecule has 0 saturated carbocycles. The van der Waals surface area contributed by atoms with Crippen LogP contribution in [0.25, 0.3) is 0 Å². The molecule has 76 valence electrons. The van der Waals surface area contributed by atoms with Crippen molar-refractivity contribution in [3.63, 3.8) is 0 Å². The molecule has 0 heterocycles. The molecule has 14 heavy (non-hydrogen) atoms. The van der Waals surface area contributed by atoms with Crippen LogP contribution in [-0.4, -0.2) is 11.6 Å². The maximum absolute atomic E-state index is 5.89. The topological polar surface area (TPSA) is 35.2 Å². The minimum atomic E-state index is 0.521. The smallest absolute Gasteiger partial charge is 0.137 e. The predicted molar refractivity (Wildman–Crippen MR) is 63.0 cm³/mol. The Labute approximate surface area is 94.0 Å². The van der Waals surface area contributed by atoms with Crippen LogP contribution in [-0.2, 0) is 0 Å². The van der Waals surface area contributed by atoms with Crippen molar-refractivity contribution >= 4 is 28.8 Å². The fraction of sp³-hybridized carbons (Fsp3) is 0.300. The molecule has 0 saturated heterocycles. The first-order valence-corrected chi connectivity index (χ1v) is 5.14. The van der Waals surface area contributed by atoms with E-state index >= 15 is 0 Å². The third-order valence-electron chi connectivity index (χ3n) is 1.66. The van der Waals surface area contributed by atoms with E-state index in [9.17, 15) is 0 Å². The molecular weight excluding hydrogens is 218 g/mol. The van der Waals surface area contributed by atoms with E-state index in [2.05, 4.69) is 0 Å². The van der Waals surface area contributed by atoms with Gasteiger partial charge in [0.2, 0.25) is 0 Å².